The Hall–Kier alpha value is -3.66. The molecule has 0 bridgehead atoms. The van der Waals surface area contributed by atoms with E-state index >= 15 is 4.39 Å². The molecule has 0 saturated carbocycles. The second-order valence-corrected chi connectivity index (χ2v) is 6.28. The third-order valence-electron chi connectivity index (χ3n) is 4.63. The van der Waals surface area contributed by atoms with Crippen LogP contribution in [0.2, 0.25) is 0 Å². The number of ether oxygens (including phenoxy) is 1. The van der Waals surface area contributed by atoms with E-state index in [9.17, 15) is 4.79 Å². The largest absolute Gasteiger partial charge is 0.465 e. The highest BCUT2D eigenvalue weighted by molar-refractivity contribution is 6.04. The Balaban J connectivity index is 2.14. The molecule has 4 aromatic rings. The Morgan fingerprint density at radius 1 is 0.786 bits per heavy atom. The molecule has 138 valence electrons. The molecule has 0 aliphatic rings. The van der Waals surface area contributed by atoms with Gasteiger partial charge in [-0.05, 0) is 23.3 Å². The number of methoxy groups -OCH3 is 1. The van der Waals surface area contributed by atoms with Gasteiger partial charge in [-0.1, -0.05) is 78.9 Å². The molecule has 0 aliphatic carbocycles. The summed E-state index contributed by atoms with van der Waals surface area (Å²) in [5.41, 5.74) is 2.89. The summed E-state index contributed by atoms with van der Waals surface area (Å²) in [4.78, 5) is 12.8. The van der Waals surface area contributed by atoms with E-state index in [4.69, 9.17) is 4.74 Å². The molecule has 0 spiro atoms. The summed E-state index contributed by atoms with van der Waals surface area (Å²) in [6.45, 7) is 0. The number of halogens is 1. The minimum Gasteiger partial charge on any atom is -0.465 e. The van der Waals surface area contributed by atoms with Gasteiger partial charge in [0.1, 0.15) is 0 Å². The zero-order valence-corrected chi connectivity index (χ0v) is 15.3. The zero-order chi connectivity index (χ0) is 19.5. The predicted molar refractivity (Wildman–Crippen MR) is 108 cm³/mol. The minimum absolute atomic E-state index is 0.209. The molecule has 0 radical (unpaired) electrons. The molecule has 3 nitrogen and oxygen atoms in total. The van der Waals surface area contributed by atoms with Crippen molar-refractivity contribution >= 4 is 5.97 Å². The topological polar surface area (TPSA) is 31.2 Å². The van der Waals surface area contributed by atoms with Crippen LogP contribution in [0, 0.1) is 5.95 Å². The fourth-order valence-corrected chi connectivity index (χ4v) is 3.40. The first-order chi connectivity index (χ1) is 13.7. The van der Waals surface area contributed by atoms with Crippen LogP contribution in [0.1, 0.15) is 10.4 Å². The van der Waals surface area contributed by atoms with Gasteiger partial charge in [-0.15, -0.1) is 0 Å². The Kier molecular flexibility index (Phi) is 4.77. The lowest BCUT2D eigenvalue weighted by atomic mass is 9.99. The van der Waals surface area contributed by atoms with Crippen molar-refractivity contribution in [2.24, 2.45) is 0 Å². The SMILES string of the molecule is COC(=O)c1c(-c2ccccc2)c(F)n(-c2ccccc2)c1-c1ccccc1. The molecule has 0 aliphatic heterocycles. The molecule has 0 fully saturated rings. The molecule has 28 heavy (non-hydrogen) atoms. The fourth-order valence-electron chi connectivity index (χ4n) is 3.40. The van der Waals surface area contributed by atoms with Crippen LogP contribution in [0.25, 0.3) is 28.1 Å². The van der Waals surface area contributed by atoms with E-state index in [2.05, 4.69) is 0 Å². The van der Waals surface area contributed by atoms with Gasteiger partial charge >= 0.3 is 5.97 Å². The lowest BCUT2D eigenvalue weighted by Gasteiger charge is -2.11. The monoisotopic (exact) mass is 371 g/mol. The third kappa shape index (κ3) is 2.99. The molecule has 1 heterocycles. The number of benzene rings is 3. The standard InChI is InChI=1S/C24H18FNO2/c1-28-24(27)21-20(17-11-5-2-6-12-17)23(25)26(19-15-9-4-10-16-19)22(21)18-13-7-3-8-14-18/h2-16H,1H3. The number of esters is 1. The molecule has 3 aromatic carbocycles. The molecule has 0 amide bonds. The van der Waals surface area contributed by atoms with Crippen LogP contribution in [0.4, 0.5) is 4.39 Å². The first-order valence-corrected chi connectivity index (χ1v) is 8.91. The Morgan fingerprint density at radius 3 is 1.82 bits per heavy atom. The Bertz CT molecular complexity index is 1100. The van der Waals surface area contributed by atoms with Crippen molar-refractivity contribution in [2.75, 3.05) is 7.11 Å². The highest BCUT2D eigenvalue weighted by Gasteiger charge is 2.30. The van der Waals surface area contributed by atoms with Gasteiger partial charge < -0.3 is 4.74 Å². The maximum atomic E-state index is 15.9. The van der Waals surface area contributed by atoms with Gasteiger partial charge in [-0.25, -0.2) is 4.79 Å². The second-order valence-electron chi connectivity index (χ2n) is 6.28. The average molecular weight is 371 g/mol. The molecular formula is C24H18FNO2. The minimum atomic E-state index is -0.578. The van der Waals surface area contributed by atoms with E-state index in [1.165, 1.54) is 11.7 Å². The predicted octanol–water partition coefficient (Wildman–Crippen LogP) is 5.74. The van der Waals surface area contributed by atoms with E-state index in [1.54, 1.807) is 12.1 Å². The van der Waals surface area contributed by atoms with E-state index in [1.807, 2.05) is 78.9 Å². The number of hydrogen-bond donors (Lipinski definition) is 0. The second kappa shape index (κ2) is 7.53. The van der Waals surface area contributed by atoms with Crippen molar-refractivity contribution in [2.45, 2.75) is 0 Å². The average Bonchev–Trinajstić information content (AvgIpc) is 3.08. The van der Waals surface area contributed by atoms with E-state index in [-0.39, 0.29) is 11.1 Å². The molecule has 4 heteroatoms. The first-order valence-electron chi connectivity index (χ1n) is 8.91. The van der Waals surface area contributed by atoms with Gasteiger partial charge in [0.15, 0.2) is 0 Å². The van der Waals surface area contributed by atoms with E-state index < -0.39 is 11.9 Å². The van der Waals surface area contributed by atoms with Crippen LogP contribution in [0.3, 0.4) is 0 Å². The normalized spacial score (nSPS) is 10.6. The lowest BCUT2D eigenvalue weighted by Crippen LogP contribution is -2.05. The Morgan fingerprint density at radius 2 is 1.29 bits per heavy atom. The summed E-state index contributed by atoms with van der Waals surface area (Å²) in [5, 5.41) is 0. The van der Waals surface area contributed by atoms with Crippen LogP contribution in [-0.2, 0) is 4.74 Å². The zero-order valence-electron chi connectivity index (χ0n) is 15.3. The van der Waals surface area contributed by atoms with Gasteiger partial charge in [0.2, 0.25) is 5.95 Å². The summed E-state index contributed by atoms with van der Waals surface area (Å²) >= 11 is 0. The lowest BCUT2D eigenvalue weighted by molar-refractivity contribution is 0.0602. The van der Waals surface area contributed by atoms with Crippen molar-refractivity contribution in [3.8, 4) is 28.1 Å². The number of hydrogen-bond acceptors (Lipinski definition) is 2. The number of rotatable bonds is 4. The van der Waals surface area contributed by atoms with Crippen molar-refractivity contribution in [3.05, 3.63) is 103 Å². The van der Waals surface area contributed by atoms with Crippen LogP contribution in [0.15, 0.2) is 91.0 Å². The number of carbonyl (C=O) groups is 1. The van der Waals surface area contributed by atoms with Crippen molar-refractivity contribution < 1.29 is 13.9 Å². The number of para-hydroxylation sites is 1. The highest BCUT2D eigenvalue weighted by atomic mass is 19.1. The van der Waals surface area contributed by atoms with Crippen molar-refractivity contribution in [1.29, 1.82) is 0 Å². The quantitative estimate of drug-likeness (QED) is 0.429. The Labute approximate surface area is 162 Å². The number of aromatic nitrogens is 1. The summed E-state index contributed by atoms with van der Waals surface area (Å²) in [5.74, 6) is -1.08. The molecule has 0 saturated heterocycles. The summed E-state index contributed by atoms with van der Waals surface area (Å²) in [6, 6.07) is 27.5. The molecule has 0 N–H and O–H groups in total. The maximum absolute atomic E-state index is 15.9. The van der Waals surface area contributed by atoms with Gasteiger partial charge in [0, 0.05) is 5.69 Å². The van der Waals surface area contributed by atoms with Gasteiger partial charge in [0.25, 0.3) is 0 Å². The van der Waals surface area contributed by atoms with Crippen molar-refractivity contribution in [1.82, 2.24) is 4.57 Å². The number of nitrogens with zero attached hydrogens (tertiary/aromatic N) is 1. The van der Waals surface area contributed by atoms with Crippen LogP contribution in [-0.4, -0.2) is 17.6 Å². The van der Waals surface area contributed by atoms with Crippen LogP contribution in [0.5, 0.6) is 0 Å². The van der Waals surface area contributed by atoms with Crippen molar-refractivity contribution in [3.63, 3.8) is 0 Å². The van der Waals surface area contributed by atoms with Gasteiger partial charge in [-0.2, -0.15) is 4.39 Å². The molecular weight excluding hydrogens is 353 g/mol. The summed E-state index contributed by atoms with van der Waals surface area (Å²) < 4.78 is 22.4. The van der Waals surface area contributed by atoms with E-state index in [0.717, 1.165) is 5.56 Å². The number of carbonyl (C=O) groups excluding carboxylic acids is 1. The third-order valence-corrected chi connectivity index (χ3v) is 4.63. The first kappa shape index (κ1) is 17.7. The van der Waals surface area contributed by atoms with Gasteiger partial charge in [-0.3, -0.25) is 4.57 Å². The summed E-state index contributed by atoms with van der Waals surface area (Å²) in [7, 11) is 1.31. The van der Waals surface area contributed by atoms with Crippen LogP contribution >= 0.6 is 0 Å². The molecule has 0 atom stereocenters. The van der Waals surface area contributed by atoms with Crippen LogP contribution < -0.4 is 0 Å². The fraction of sp³-hybridized carbons (Fsp3) is 0.0417. The maximum Gasteiger partial charge on any atom is 0.340 e. The smallest absolute Gasteiger partial charge is 0.340 e. The summed E-state index contributed by atoms with van der Waals surface area (Å²) in [6.07, 6.45) is 0. The highest BCUT2D eigenvalue weighted by Crippen LogP contribution is 2.39. The van der Waals surface area contributed by atoms with Gasteiger partial charge in [0.05, 0.1) is 23.9 Å². The molecule has 4 rings (SSSR count). The molecule has 1 aromatic heterocycles. The van der Waals surface area contributed by atoms with E-state index in [0.29, 0.717) is 16.9 Å². The molecule has 0 unspecified atom stereocenters.